The predicted molar refractivity (Wildman–Crippen MR) is 153 cm³/mol. The number of furan rings is 2. The van der Waals surface area contributed by atoms with Crippen LogP contribution in [0.5, 0.6) is 0 Å². The lowest BCUT2D eigenvalue weighted by atomic mass is 10.0. The van der Waals surface area contributed by atoms with E-state index in [1.807, 2.05) is 30.3 Å². The highest BCUT2D eigenvalue weighted by Crippen LogP contribution is 2.43. The minimum Gasteiger partial charge on any atom is -0.456 e. The van der Waals surface area contributed by atoms with Crippen LogP contribution in [-0.4, -0.2) is 0 Å². The van der Waals surface area contributed by atoms with E-state index in [0.29, 0.717) is 0 Å². The molecule has 0 fully saturated rings. The van der Waals surface area contributed by atoms with Crippen LogP contribution in [0.2, 0.25) is 0 Å². The molecule has 0 atom stereocenters. The molecule has 0 saturated heterocycles. The van der Waals surface area contributed by atoms with Gasteiger partial charge in [0, 0.05) is 27.5 Å². The largest absolute Gasteiger partial charge is 0.456 e. The van der Waals surface area contributed by atoms with Crippen molar-refractivity contribution in [3.8, 4) is 0 Å². The van der Waals surface area contributed by atoms with Gasteiger partial charge in [-0.25, -0.2) is 0 Å². The molecule has 37 heavy (non-hydrogen) atoms. The van der Waals surface area contributed by atoms with E-state index in [4.69, 9.17) is 8.83 Å². The second kappa shape index (κ2) is 7.74. The zero-order valence-electron chi connectivity index (χ0n) is 19.9. The zero-order valence-corrected chi connectivity index (χ0v) is 19.9. The third-order valence-electron chi connectivity index (χ3n) is 7.21. The summed E-state index contributed by atoms with van der Waals surface area (Å²) in [5.41, 5.74) is 6.87. The molecule has 0 N–H and O–H groups in total. The van der Waals surface area contributed by atoms with Gasteiger partial charge in [0.05, 0.1) is 11.1 Å². The maximum atomic E-state index is 6.23. The maximum absolute atomic E-state index is 6.23. The number of anilines is 3. The van der Waals surface area contributed by atoms with Crippen LogP contribution in [0, 0.1) is 0 Å². The molecule has 6 aromatic carbocycles. The zero-order chi connectivity index (χ0) is 24.3. The van der Waals surface area contributed by atoms with Crippen molar-refractivity contribution in [1.82, 2.24) is 0 Å². The van der Waals surface area contributed by atoms with Gasteiger partial charge in [-0.05, 0) is 71.4 Å². The van der Waals surface area contributed by atoms with Gasteiger partial charge in [-0.2, -0.15) is 0 Å². The molecular formula is C34H21NO2. The van der Waals surface area contributed by atoms with Gasteiger partial charge in [-0.15, -0.1) is 0 Å². The Hall–Kier alpha value is -5.02. The molecule has 0 radical (unpaired) electrons. The lowest BCUT2D eigenvalue weighted by molar-refractivity contribution is 0.668. The Balaban J connectivity index is 1.41. The van der Waals surface area contributed by atoms with Crippen molar-refractivity contribution >= 4 is 71.7 Å². The standard InChI is InChI=1S/C34H21NO2/c1-2-9-24(10-3-1)35(29-13-8-16-32-34(29)27-12-5-7-15-31(27)36-32)25-18-17-22-21-33-28(20-23(22)19-25)26-11-4-6-14-30(26)37-33/h1-21H. The molecule has 174 valence electrons. The summed E-state index contributed by atoms with van der Waals surface area (Å²) in [4.78, 5) is 2.32. The van der Waals surface area contributed by atoms with Crippen LogP contribution in [0.3, 0.4) is 0 Å². The number of benzene rings is 6. The van der Waals surface area contributed by atoms with Crippen LogP contribution >= 0.6 is 0 Å². The molecule has 0 spiro atoms. The van der Waals surface area contributed by atoms with Crippen molar-refractivity contribution < 1.29 is 8.83 Å². The SMILES string of the molecule is c1ccc(N(c2ccc3cc4oc5ccccc5c4cc3c2)c2cccc3oc4ccccc4c23)cc1. The Bertz CT molecular complexity index is 2100. The van der Waals surface area contributed by atoms with Gasteiger partial charge in [0.2, 0.25) is 0 Å². The Morgan fingerprint density at radius 2 is 1.11 bits per heavy atom. The number of fused-ring (bicyclic) bond motifs is 7. The Morgan fingerprint density at radius 1 is 0.405 bits per heavy atom. The van der Waals surface area contributed by atoms with E-state index < -0.39 is 0 Å². The van der Waals surface area contributed by atoms with Crippen molar-refractivity contribution in [2.45, 2.75) is 0 Å². The van der Waals surface area contributed by atoms with Crippen LogP contribution in [0.4, 0.5) is 17.1 Å². The molecule has 8 rings (SSSR count). The minimum absolute atomic E-state index is 0.881. The van der Waals surface area contributed by atoms with Crippen molar-refractivity contribution in [3.05, 3.63) is 127 Å². The first-order valence-corrected chi connectivity index (χ1v) is 12.4. The predicted octanol–water partition coefficient (Wildman–Crippen LogP) is 10.1. The van der Waals surface area contributed by atoms with Gasteiger partial charge in [0.15, 0.2) is 0 Å². The van der Waals surface area contributed by atoms with Crippen LogP contribution in [0.15, 0.2) is 136 Å². The summed E-state index contributed by atoms with van der Waals surface area (Å²) >= 11 is 0. The lowest BCUT2D eigenvalue weighted by Crippen LogP contribution is -2.10. The Morgan fingerprint density at radius 3 is 1.97 bits per heavy atom. The number of nitrogens with zero attached hydrogens (tertiary/aromatic N) is 1. The van der Waals surface area contributed by atoms with E-state index in [1.54, 1.807) is 0 Å². The summed E-state index contributed by atoms with van der Waals surface area (Å²) < 4.78 is 12.4. The van der Waals surface area contributed by atoms with Crippen LogP contribution in [0.25, 0.3) is 54.6 Å². The van der Waals surface area contributed by atoms with Gasteiger partial charge in [0.1, 0.15) is 22.3 Å². The van der Waals surface area contributed by atoms with Gasteiger partial charge in [0.25, 0.3) is 0 Å². The molecule has 3 nitrogen and oxygen atoms in total. The highest BCUT2D eigenvalue weighted by molar-refractivity contribution is 6.14. The van der Waals surface area contributed by atoms with Crippen molar-refractivity contribution in [2.24, 2.45) is 0 Å². The van der Waals surface area contributed by atoms with Gasteiger partial charge >= 0.3 is 0 Å². The summed E-state index contributed by atoms with van der Waals surface area (Å²) in [5, 5.41) is 6.81. The number of para-hydroxylation sites is 3. The molecule has 8 aromatic rings. The molecule has 0 saturated carbocycles. The molecule has 2 heterocycles. The second-order valence-corrected chi connectivity index (χ2v) is 9.40. The Labute approximate surface area is 212 Å². The lowest BCUT2D eigenvalue weighted by Gasteiger charge is -2.26. The monoisotopic (exact) mass is 475 g/mol. The molecule has 0 amide bonds. The average molecular weight is 476 g/mol. The van der Waals surface area contributed by atoms with Gasteiger partial charge < -0.3 is 13.7 Å². The first kappa shape index (κ1) is 20.2. The third kappa shape index (κ3) is 3.08. The van der Waals surface area contributed by atoms with E-state index in [-0.39, 0.29) is 0 Å². The average Bonchev–Trinajstić information content (AvgIpc) is 3.51. The third-order valence-corrected chi connectivity index (χ3v) is 7.21. The first-order valence-electron chi connectivity index (χ1n) is 12.4. The molecule has 0 bridgehead atoms. The van der Waals surface area contributed by atoms with Crippen molar-refractivity contribution in [3.63, 3.8) is 0 Å². The number of hydrogen-bond acceptors (Lipinski definition) is 3. The normalized spacial score (nSPS) is 11.8. The van der Waals surface area contributed by atoms with Crippen LogP contribution < -0.4 is 4.90 Å². The molecule has 0 aliphatic rings. The molecule has 0 aliphatic carbocycles. The first-order chi connectivity index (χ1) is 18.3. The van der Waals surface area contributed by atoms with E-state index in [0.717, 1.165) is 66.3 Å². The van der Waals surface area contributed by atoms with Crippen LogP contribution in [-0.2, 0) is 0 Å². The smallest absolute Gasteiger partial charge is 0.137 e. The fraction of sp³-hybridized carbons (Fsp3) is 0. The van der Waals surface area contributed by atoms with E-state index in [2.05, 4.69) is 102 Å². The van der Waals surface area contributed by atoms with E-state index >= 15 is 0 Å². The highest BCUT2D eigenvalue weighted by Gasteiger charge is 2.19. The summed E-state index contributed by atoms with van der Waals surface area (Å²) in [5.74, 6) is 0. The quantitative estimate of drug-likeness (QED) is 0.255. The van der Waals surface area contributed by atoms with Gasteiger partial charge in [-0.3, -0.25) is 0 Å². The molecule has 2 aromatic heterocycles. The summed E-state index contributed by atoms with van der Waals surface area (Å²) in [6.07, 6.45) is 0. The fourth-order valence-corrected chi connectivity index (χ4v) is 5.54. The maximum Gasteiger partial charge on any atom is 0.137 e. The van der Waals surface area contributed by atoms with Gasteiger partial charge in [-0.1, -0.05) is 66.7 Å². The highest BCUT2D eigenvalue weighted by atomic mass is 16.3. The second-order valence-electron chi connectivity index (χ2n) is 9.40. The molecule has 0 unspecified atom stereocenters. The summed E-state index contributed by atoms with van der Waals surface area (Å²) in [6.45, 7) is 0. The van der Waals surface area contributed by atoms with Crippen LogP contribution in [0.1, 0.15) is 0 Å². The summed E-state index contributed by atoms with van der Waals surface area (Å²) in [7, 11) is 0. The van der Waals surface area contributed by atoms with E-state index in [1.165, 1.54) is 5.39 Å². The molecular weight excluding hydrogens is 454 g/mol. The Kier molecular flexibility index (Phi) is 4.23. The molecule has 3 heteroatoms. The fourth-order valence-electron chi connectivity index (χ4n) is 5.54. The van der Waals surface area contributed by atoms with Crippen molar-refractivity contribution in [2.75, 3.05) is 4.90 Å². The minimum atomic E-state index is 0.881. The van der Waals surface area contributed by atoms with E-state index in [9.17, 15) is 0 Å². The summed E-state index contributed by atoms with van der Waals surface area (Å²) in [6, 6.07) is 44.3. The number of hydrogen-bond donors (Lipinski definition) is 0. The molecule has 0 aliphatic heterocycles. The van der Waals surface area contributed by atoms with Crippen molar-refractivity contribution in [1.29, 1.82) is 0 Å². The topological polar surface area (TPSA) is 29.5 Å². The number of rotatable bonds is 3.